The molecule has 39 heavy (non-hydrogen) atoms. The number of aryl methyl sites for hydroxylation is 1. The lowest BCUT2D eigenvalue weighted by atomic mass is 9.68. The first kappa shape index (κ1) is 23.5. The lowest BCUT2D eigenvalue weighted by Crippen LogP contribution is -2.42. The largest absolute Gasteiger partial charge is 0.307 e. The van der Waals surface area contributed by atoms with Gasteiger partial charge in [-0.15, -0.1) is 11.8 Å². The van der Waals surface area contributed by atoms with Crippen LogP contribution < -0.4 is 9.77 Å². The molecule has 194 valence electrons. The maximum absolute atomic E-state index is 13.9. The molecule has 1 aromatic heterocycles. The third-order valence-electron chi connectivity index (χ3n) is 9.39. The van der Waals surface area contributed by atoms with Gasteiger partial charge in [-0.05, 0) is 59.9 Å². The summed E-state index contributed by atoms with van der Waals surface area (Å²) in [6, 6.07) is 26.7. The SMILES string of the molecule is Cc1ccc(N2C(=O)C3C(C2=O)[C@@H]2C[C@H]3C3Sc4[nH]c(=O)sc4C(c4ccc(-c5ccccc5)cc4)C32)cc1. The Morgan fingerprint density at radius 1 is 0.795 bits per heavy atom. The first-order chi connectivity index (χ1) is 19.0. The van der Waals surface area contributed by atoms with Gasteiger partial charge in [0.25, 0.3) is 0 Å². The lowest BCUT2D eigenvalue weighted by molar-refractivity contribution is -0.123. The quantitative estimate of drug-likeness (QED) is 0.314. The van der Waals surface area contributed by atoms with Gasteiger partial charge in [-0.1, -0.05) is 83.6 Å². The smallest absolute Gasteiger partial charge is 0.305 e. The fraction of sp³-hybridized carbons (Fsp3) is 0.281. The number of thioether (sulfide) groups is 1. The van der Waals surface area contributed by atoms with Gasteiger partial charge >= 0.3 is 4.87 Å². The summed E-state index contributed by atoms with van der Waals surface area (Å²) in [6.45, 7) is 2.00. The number of carbonyl (C=O) groups excluding carboxylic acids is 2. The summed E-state index contributed by atoms with van der Waals surface area (Å²) in [5.41, 5.74) is 5.28. The van der Waals surface area contributed by atoms with Gasteiger partial charge in [-0.2, -0.15) is 0 Å². The Labute approximate surface area is 234 Å². The van der Waals surface area contributed by atoms with Crippen LogP contribution in [0.15, 0.2) is 88.7 Å². The highest BCUT2D eigenvalue weighted by Crippen LogP contribution is 2.68. The van der Waals surface area contributed by atoms with Gasteiger partial charge in [0.15, 0.2) is 0 Å². The summed E-state index contributed by atoms with van der Waals surface area (Å²) < 4.78 is 0. The number of hydrogen-bond acceptors (Lipinski definition) is 5. The molecule has 1 saturated heterocycles. The van der Waals surface area contributed by atoms with Crippen LogP contribution in [0.5, 0.6) is 0 Å². The van der Waals surface area contributed by atoms with E-state index < -0.39 is 0 Å². The van der Waals surface area contributed by atoms with E-state index in [1.54, 1.807) is 11.8 Å². The molecule has 8 rings (SSSR count). The zero-order valence-corrected chi connectivity index (χ0v) is 22.9. The van der Waals surface area contributed by atoms with Gasteiger partial charge in [0.05, 0.1) is 22.5 Å². The monoisotopic (exact) mass is 550 g/mol. The van der Waals surface area contributed by atoms with E-state index in [-0.39, 0.29) is 57.4 Å². The number of benzene rings is 3. The van der Waals surface area contributed by atoms with Crippen LogP contribution in [-0.2, 0) is 9.59 Å². The van der Waals surface area contributed by atoms with Crippen molar-refractivity contribution in [2.45, 2.75) is 29.5 Å². The second kappa shape index (κ2) is 8.54. The second-order valence-electron chi connectivity index (χ2n) is 11.3. The molecule has 2 aliphatic carbocycles. The molecule has 4 aromatic rings. The third kappa shape index (κ3) is 3.36. The summed E-state index contributed by atoms with van der Waals surface area (Å²) >= 11 is 3.04. The van der Waals surface area contributed by atoms with Crippen LogP contribution in [0.3, 0.4) is 0 Å². The minimum absolute atomic E-state index is 0.0345. The highest BCUT2D eigenvalue weighted by molar-refractivity contribution is 8.00. The minimum Gasteiger partial charge on any atom is -0.307 e. The van der Waals surface area contributed by atoms with Crippen molar-refractivity contribution >= 4 is 40.6 Å². The number of nitrogens with zero attached hydrogens (tertiary/aromatic N) is 1. The van der Waals surface area contributed by atoms with Crippen molar-refractivity contribution in [3.8, 4) is 11.1 Å². The number of carbonyl (C=O) groups is 2. The van der Waals surface area contributed by atoms with Gasteiger partial charge in [0.1, 0.15) is 0 Å². The summed E-state index contributed by atoms with van der Waals surface area (Å²) in [7, 11) is 0. The zero-order valence-electron chi connectivity index (χ0n) is 21.2. The van der Waals surface area contributed by atoms with E-state index in [2.05, 4.69) is 41.4 Å². The van der Waals surface area contributed by atoms with Gasteiger partial charge in [0, 0.05) is 16.0 Å². The van der Waals surface area contributed by atoms with Crippen molar-refractivity contribution in [1.29, 1.82) is 0 Å². The van der Waals surface area contributed by atoms with Gasteiger partial charge in [-0.3, -0.25) is 19.3 Å². The first-order valence-corrected chi connectivity index (χ1v) is 15.2. The highest BCUT2D eigenvalue weighted by Gasteiger charge is 2.69. The van der Waals surface area contributed by atoms with Crippen molar-refractivity contribution in [3.63, 3.8) is 0 Å². The molecule has 5 unspecified atom stereocenters. The summed E-state index contributed by atoms with van der Waals surface area (Å²) in [6.07, 6.45) is 0.897. The average molecular weight is 551 g/mol. The molecule has 2 saturated carbocycles. The fourth-order valence-corrected chi connectivity index (χ4v) is 10.7. The Morgan fingerprint density at radius 2 is 1.46 bits per heavy atom. The molecule has 7 atom stereocenters. The number of nitrogens with one attached hydrogen (secondary N) is 1. The van der Waals surface area contributed by atoms with Crippen molar-refractivity contribution in [3.05, 3.63) is 105 Å². The minimum atomic E-state index is -0.283. The predicted octanol–water partition coefficient (Wildman–Crippen LogP) is 6.09. The highest BCUT2D eigenvalue weighted by atomic mass is 32.2. The standard InChI is InChI=1S/C32H26N2O3S2/c1-16-7-13-20(14-8-16)34-30(35)25-21-15-22(26(25)31(34)36)27-24(21)23(28-29(38-27)33-32(37)39-28)19-11-9-18(10-12-19)17-5-3-2-4-6-17/h2-14,21-27H,15H2,1H3,(H,33,37)/t21-,22-,23?,24?,25?,26?,27?/m1/s1. The molecule has 0 spiro atoms. The number of amides is 2. The topological polar surface area (TPSA) is 70.2 Å². The molecule has 1 N–H and O–H groups in total. The van der Waals surface area contributed by atoms with Crippen LogP contribution in [-0.4, -0.2) is 22.0 Å². The molecule has 3 heterocycles. The van der Waals surface area contributed by atoms with Crippen LogP contribution in [0.2, 0.25) is 0 Å². The van der Waals surface area contributed by atoms with Crippen molar-refractivity contribution in [1.82, 2.24) is 4.98 Å². The summed E-state index contributed by atoms with van der Waals surface area (Å²) in [5.74, 6) is -0.160. The Hall–Kier alpha value is -3.42. The molecule has 3 aromatic carbocycles. The Balaban J connectivity index is 1.19. The number of aromatic nitrogens is 1. The number of aromatic amines is 1. The normalized spacial score (nSPS) is 30.4. The van der Waals surface area contributed by atoms with E-state index in [1.807, 2.05) is 49.4 Å². The number of fused-ring (bicyclic) bond motifs is 9. The van der Waals surface area contributed by atoms with E-state index in [0.29, 0.717) is 5.69 Å². The molecule has 3 fully saturated rings. The van der Waals surface area contributed by atoms with Crippen molar-refractivity contribution in [2.75, 3.05) is 4.90 Å². The van der Waals surface area contributed by atoms with Crippen LogP contribution in [0, 0.1) is 36.5 Å². The molecule has 0 radical (unpaired) electrons. The number of imide groups is 1. The number of rotatable bonds is 3. The maximum Gasteiger partial charge on any atom is 0.305 e. The van der Waals surface area contributed by atoms with Gasteiger partial charge < -0.3 is 4.98 Å². The molecular weight excluding hydrogens is 524 g/mol. The number of thiazole rings is 1. The number of H-pyrrole nitrogens is 1. The fourth-order valence-electron chi connectivity index (χ4n) is 7.85. The summed E-state index contributed by atoms with van der Waals surface area (Å²) in [5, 5.41) is 1.14. The number of hydrogen-bond donors (Lipinski definition) is 1. The van der Waals surface area contributed by atoms with Crippen LogP contribution in [0.1, 0.15) is 28.3 Å². The van der Waals surface area contributed by atoms with E-state index in [1.165, 1.54) is 27.4 Å². The second-order valence-corrected chi connectivity index (χ2v) is 13.5. The molecule has 2 bridgehead atoms. The lowest BCUT2D eigenvalue weighted by Gasteiger charge is -2.43. The first-order valence-electron chi connectivity index (χ1n) is 13.5. The molecule has 2 aliphatic heterocycles. The van der Waals surface area contributed by atoms with Gasteiger partial charge in [-0.25, -0.2) is 0 Å². The van der Waals surface area contributed by atoms with Crippen LogP contribution in [0.25, 0.3) is 11.1 Å². The third-order valence-corrected chi connectivity index (χ3v) is 12.0. The van der Waals surface area contributed by atoms with E-state index in [9.17, 15) is 14.4 Å². The van der Waals surface area contributed by atoms with E-state index in [0.717, 1.165) is 27.5 Å². The average Bonchev–Trinajstić information content (AvgIpc) is 3.69. The molecule has 5 nitrogen and oxygen atoms in total. The molecule has 4 aliphatic rings. The van der Waals surface area contributed by atoms with Crippen LogP contribution in [0.4, 0.5) is 5.69 Å². The van der Waals surface area contributed by atoms with E-state index >= 15 is 0 Å². The zero-order chi connectivity index (χ0) is 26.4. The van der Waals surface area contributed by atoms with E-state index in [4.69, 9.17) is 0 Å². The van der Waals surface area contributed by atoms with Crippen molar-refractivity contribution < 1.29 is 9.59 Å². The van der Waals surface area contributed by atoms with Gasteiger partial charge in [0.2, 0.25) is 11.8 Å². The van der Waals surface area contributed by atoms with Crippen LogP contribution >= 0.6 is 23.1 Å². The Morgan fingerprint density at radius 3 is 2.18 bits per heavy atom. The summed E-state index contributed by atoms with van der Waals surface area (Å²) in [4.78, 5) is 45.8. The molecular formula is C32H26N2O3S2. The van der Waals surface area contributed by atoms with Crippen molar-refractivity contribution in [2.24, 2.45) is 29.6 Å². The Kier molecular flexibility index (Phi) is 5.14. The maximum atomic E-state index is 13.9. The molecule has 7 heteroatoms. The number of anilines is 1. The predicted molar refractivity (Wildman–Crippen MR) is 154 cm³/mol. The Bertz CT molecular complexity index is 1680. The molecule has 2 amide bonds.